The molecule has 0 aromatic heterocycles. The number of piperazine rings is 1. The molecule has 0 bridgehead atoms. The number of nitrogens with zero attached hydrogens (tertiary/aromatic N) is 1. The highest BCUT2D eigenvalue weighted by Gasteiger charge is 2.36. The van der Waals surface area contributed by atoms with E-state index >= 15 is 0 Å². The molecule has 3 rings (SSSR count). The van der Waals surface area contributed by atoms with E-state index in [2.05, 4.69) is 10.2 Å². The SMILES string of the molecule is Cc1cccc(OCC(O)CN2CC(=O)NC3CCCCC32)c1. The van der Waals surface area contributed by atoms with Crippen molar-refractivity contribution in [2.75, 3.05) is 19.7 Å². The molecule has 3 unspecified atom stereocenters. The molecule has 1 saturated carbocycles. The number of aliphatic hydroxyl groups is 1. The molecule has 1 saturated heterocycles. The van der Waals surface area contributed by atoms with Crippen molar-refractivity contribution in [2.45, 2.75) is 50.8 Å². The third-order valence-electron chi connectivity index (χ3n) is 4.77. The van der Waals surface area contributed by atoms with Gasteiger partial charge >= 0.3 is 0 Å². The highest BCUT2D eigenvalue weighted by Crippen LogP contribution is 2.26. The molecule has 2 N–H and O–H groups in total. The Morgan fingerprint density at radius 1 is 1.39 bits per heavy atom. The van der Waals surface area contributed by atoms with Crippen LogP contribution in [0.15, 0.2) is 24.3 Å². The van der Waals surface area contributed by atoms with Crippen LogP contribution in [0.4, 0.5) is 0 Å². The largest absolute Gasteiger partial charge is 0.491 e. The molecular formula is C18H26N2O3. The number of ether oxygens (including phenoxy) is 1. The molecular weight excluding hydrogens is 292 g/mol. The number of β-amino-alcohol motifs (C(OH)–C–C–N with tert-alkyl or cyclic N) is 1. The normalized spacial score (nSPS) is 26.3. The fourth-order valence-electron chi connectivity index (χ4n) is 3.69. The zero-order valence-corrected chi connectivity index (χ0v) is 13.7. The number of rotatable bonds is 5. The quantitative estimate of drug-likeness (QED) is 0.863. The number of amides is 1. The fourth-order valence-corrected chi connectivity index (χ4v) is 3.69. The number of benzene rings is 1. The Morgan fingerprint density at radius 2 is 2.22 bits per heavy atom. The maximum atomic E-state index is 11.9. The number of nitrogens with one attached hydrogen (secondary N) is 1. The number of hydrogen-bond acceptors (Lipinski definition) is 4. The summed E-state index contributed by atoms with van der Waals surface area (Å²) < 4.78 is 5.68. The number of carbonyl (C=O) groups excluding carboxylic acids is 1. The van der Waals surface area contributed by atoms with E-state index in [9.17, 15) is 9.90 Å². The zero-order valence-electron chi connectivity index (χ0n) is 13.7. The number of fused-ring (bicyclic) bond motifs is 1. The van der Waals surface area contributed by atoms with Gasteiger partial charge < -0.3 is 15.2 Å². The van der Waals surface area contributed by atoms with Crippen LogP contribution < -0.4 is 10.1 Å². The number of aryl methyl sites for hydroxylation is 1. The monoisotopic (exact) mass is 318 g/mol. The van der Waals surface area contributed by atoms with Crippen molar-refractivity contribution in [3.63, 3.8) is 0 Å². The number of hydrogen-bond donors (Lipinski definition) is 2. The standard InChI is InChI=1S/C18H26N2O3/c1-13-5-4-6-15(9-13)23-12-14(21)10-20-11-18(22)19-16-7-2-3-8-17(16)20/h4-6,9,14,16-17,21H,2-3,7-8,10-12H2,1H3,(H,19,22). The van der Waals surface area contributed by atoms with Gasteiger partial charge in [0.25, 0.3) is 0 Å². The Kier molecular flexibility index (Phi) is 5.18. The summed E-state index contributed by atoms with van der Waals surface area (Å²) in [6.45, 7) is 3.13. The summed E-state index contributed by atoms with van der Waals surface area (Å²) in [5.74, 6) is 0.843. The first-order valence-corrected chi connectivity index (χ1v) is 8.53. The fraction of sp³-hybridized carbons (Fsp3) is 0.611. The third-order valence-corrected chi connectivity index (χ3v) is 4.77. The Hall–Kier alpha value is -1.59. The van der Waals surface area contributed by atoms with Crippen molar-refractivity contribution in [1.82, 2.24) is 10.2 Å². The molecule has 0 radical (unpaired) electrons. The smallest absolute Gasteiger partial charge is 0.234 e. The van der Waals surface area contributed by atoms with Gasteiger partial charge in [-0.15, -0.1) is 0 Å². The highest BCUT2D eigenvalue weighted by molar-refractivity contribution is 5.79. The molecule has 2 fully saturated rings. The van der Waals surface area contributed by atoms with Crippen LogP contribution in [0, 0.1) is 6.92 Å². The first-order valence-electron chi connectivity index (χ1n) is 8.53. The second-order valence-corrected chi connectivity index (χ2v) is 6.74. The van der Waals surface area contributed by atoms with Crippen molar-refractivity contribution < 1.29 is 14.6 Å². The Balaban J connectivity index is 1.53. The van der Waals surface area contributed by atoms with Crippen LogP contribution >= 0.6 is 0 Å². The maximum Gasteiger partial charge on any atom is 0.234 e. The minimum atomic E-state index is -0.594. The summed E-state index contributed by atoms with van der Waals surface area (Å²) in [6, 6.07) is 8.41. The number of aliphatic hydroxyl groups excluding tert-OH is 1. The van der Waals surface area contributed by atoms with Crippen LogP contribution in [0.25, 0.3) is 0 Å². The summed E-state index contributed by atoms with van der Waals surface area (Å²) >= 11 is 0. The van der Waals surface area contributed by atoms with E-state index in [-0.39, 0.29) is 18.6 Å². The van der Waals surface area contributed by atoms with Crippen molar-refractivity contribution in [1.29, 1.82) is 0 Å². The molecule has 5 heteroatoms. The molecule has 1 aromatic carbocycles. The van der Waals surface area contributed by atoms with Crippen molar-refractivity contribution >= 4 is 5.91 Å². The Bertz CT molecular complexity index is 549. The third kappa shape index (κ3) is 4.24. The predicted molar refractivity (Wildman–Crippen MR) is 88.4 cm³/mol. The molecule has 1 aliphatic carbocycles. The molecule has 1 aliphatic heterocycles. The lowest BCUT2D eigenvalue weighted by atomic mass is 9.87. The van der Waals surface area contributed by atoms with Crippen molar-refractivity contribution in [3.05, 3.63) is 29.8 Å². The topological polar surface area (TPSA) is 61.8 Å². The second kappa shape index (κ2) is 7.32. The first kappa shape index (κ1) is 16.3. The molecule has 126 valence electrons. The van der Waals surface area contributed by atoms with Gasteiger partial charge in [0.15, 0.2) is 0 Å². The van der Waals surface area contributed by atoms with Gasteiger partial charge in [-0.05, 0) is 37.5 Å². The summed E-state index contributed by atoms with van der Waals surface area (Å²) in [7, 11) is 0. The molecule has 1 heterocycles. The lowest BCUT2D eigenvalue weighted by molar-refractivity contribution is -0.129. The summed E-state index contributed by atoms with van der Waals surface area (Å²) in [5.41, 5.74) is 1.13. The van der Waals surface area contributed by atoms with Gasteiger partial charge in [-0.3, -0.25) is 9.69 Å². The van der Waals surface area contributed by atoms with Crippen LogP contribution in [0.1, 0.15) is 31.2 Å². The van der Waals surface area contributed by atoms with E-state index in [0.29, 0.717) is 19.1 Å². The number of carbonyl (C=O) groups is 1. The molecule has 3 atom stereocenters. The van der Waals surface area contributed by atoms with E-state index in [1.54, 1.807) is 0 Å². The van der Waals surface area contributed by atoms with E-state index in [4.69, 9.17) is 4.74 Å². The molecule has 5 nitrogen and oxygen atoms in total. The van der Waals surface area contributed by atoms with Gasteiger partial charge in [-0.25, -0.2) is 0 Å². The van der Waals surface area contributed by atoms with Crippen LogP contribution in [0.5, 0.6) is 5.75 Å². The van der Waals surface area contributed by atoms with Crippen LogP contribution in [-0.2, 0) is 4.79 Å². The summed E-state index contributed by atoms with van der Waals surface area (Å²) in [5, 5.41) is 13.4. The molecule has 2 aliphatic rings. The first-order chi connectivity index (χ1) is 11.1. The lowest BCUT2D eigenvalue weighted by Crippen LogP contribution is -2.62. The van der Waals surface area contributed by atoms with Crippen molar-refractivity contribution in [3.8, 4) is 5.75 Å². The Morgan fingerprint density at radius 3 is 3.04 bits per heavy atom. The molecule has 0 spiro atoms. The van der Waals surface area contributed by atoms with E-state index in [1.807, 2.05) is 31.2 Å². The highest BCUT2D eigenvalue weighted by atomic mass is 16.5. The van der Waals surface area contributed by atoms with Crippen LogP contribution in [-0.4, -0.2) is 53.8 Å². The van der Waals surface area contributed by atoms with Gasteiger partial charge in [0, 0.05) is 18.6 Å². The maximum absolute atomic E-state index is 11.9. The zero-order chi connectivity index (χ0) is 16.2. The Labute approximate surface area is 137 Å². The molecule has 23 heavy (non-hydrogen) atoms. The second-order valence-electron chi connectivity index (χ2n) is 6.74. The van der Waals surface area contributed by atoms with Crippen LogP contribution in [0.2, 0.25) is 0 Å². The van der Waals surface area contributed by atoms with Gasteiger partial charge in [0.2, 0.25) is 5.91 Å². The van der Waals surface area contributed by atoms with Gasteiger partial charge in [0.1, 0.15) is 18.5 Å². The van der Waals surface area contributed by atoms with Gasteiger partial charge in [-0.1, -0.05) is 25.0 Å². The van der Waals surface area contributed by atoms with Crippen molar-refractivity contribution in [2.24, 2.45) is 0 Å². The van der Waals surface area contributed by atoms with Crippen LogP contribution in [0.3, 0.4) is 0 Å². The average molecular weight is 318 g/mol. The lowest BCUT2D eigenvalue weighted by Gasteiger charge is -2.44. The minimum absolute atomic E-state index is 0.0694. The van der Waals surface area contributed by atoms with Gasteiger partial charge in [-0.2, -0.15) is 0 Å². The van der Waals surface area contributed by atoms with Gasteiger partial charge in [0.05, 0.1) is 6.54 Å². The summed E-state index contributed by atoms with van der Waals surface area (Å²) in [6.07, 6.45) is 3.92. The van der Waals surface area contributed by atoms with E-state index < -0.39 is 6.10 Å². The molecule has 1 aromatic rings. The minimum Gasteiger partial charge on any atom is -0.491 e. The summed E-state index contributed by atoms with van der Waals surface area (Å²) in [4.78, 5) is 14.0. The predicted octanol–water partition coefficient (Wildman–Crippen LogP) is 1.48. The van der Waals surface area contributed by atoms with E-state index in [0.717, 1.165) is 24.2 Å². The van der Waals surface area contributed by atoms with E-state index in [1.165, 1.54) is 12.8 Å². The average Bonchev–Trinajstić information content (AvgIpc) is 2.53. The molecule has 1 amide bonds.